The molecule has 1 heterocycles. The standard InChI is InChI=1S/C13H14BrFO3/c14-10-4-9(5-11(15)6-10)7-13(12(16)17)2-1-3-18-8-13/h4-6H,1-3,7-8H2,(H,16,17). The number of carbonyl (C=O) groups is 1. The molecular formula is C13H14BrFO3. The molecule has 1 N–H and O–H groups in total. The summed E-state index contributed by atoms with van der Waals surface area (Å²) in [6.45, 7) is 0.790. The topological polar surface area (TPSA) is 46.5 Å². The number of hydrogen-bond acceptors (Lipinski definition) is 2. The van der Waals surface area contributed by atoms with Gasteiger partial charge in [0.05, 0.1) is 12.0 Å². The van der Waals surface area contributed by atoms with Crippen LogP contribution in [0.2, 0.25) is 0 Å². The van der Waals surface area contributed by atoms with Crippen LogP contribution in [0.5, 0.6) is 0 Å². The van der Waals surface area contributed by atoms with Crippen molar-refractivity contribution in [1.29, 1.82) is 0 Å². The van der Waals surface area contributed by atoms with Crippen molar-refractivity contribution in [3.05, 3.63) is 34.1 Å². The molecule has 1 aromatic rings. The molecule has 0 bridgehead atoms. The van der Waals surface area contributed by atoms with Crippen LogP contribution in [0.25, 0.3) is 0 Å². The summed E-state index contributed by atoms with van der Waals surface area (Å²) < 4.78 is 19.2. The molecule has 0 aliphatic carbocycles. The Morgan fingerprint density at radius 2 is 2.28 bits per heavy atom. The van der Waals surface area contributed by atoms with Crippen LogP contribution in [0.1, 0.15) is 18.4 Å². The zero-order chi connectivity index (χ0) is 13.2. The van der Waals surface area contributed by atoms with E-state index >= 15 is 0 Å². The Bertz CT molecular complexity index is 435. The number of aliphatic carboxylic acids is 1. The average Bonchev–Trinajstić information content (AvgIpc) is 2.28. The van der Waals surface area contributed by atoms with E-state index in [0.717, 1.165) is 6.42 Å². The summed E-state index contributed by atoms with van der Waals surface area (Å²) in [5, 5.41) is 9.40. The molecular weight excluding hydrogens is 303 g/mol. The second kappa shape index (κ2) is 5.36. The van der Waals surface area contributed by atoms with Crippen LogP contribution >= 0.6 is 15.9 Å². The van der Waals surface area contributed by atoms with Crippen LogP contribution in [0.3, 0.4) is 0 Å². The van der Waals surface area contributed by atoms with Crippen LogP contribution in [-0.2, 0) is 16.0 Å². The highest BCUT2D eigenvalue weighted by atomic mass is 79.9. The number of carboxylic acids is 1. The van der Waals surface area contributed by atoms with E-state index in [0.29, 0.717) is 29.5 Å². The second-order valence-corrected chi connectivity index (χ2v) is 5.61. The lowest BCUT2D eigenvalue weighted by atomic mass is 9.77. The van der Waals surface area contributed by atoms with Crippen molar-refractivity contribution in [2.75, 3.05) is 13.2 Å². The van der Waals surface area contributed by atoms with Gasteiger partial charge in [-0.05, 0) is 43.0 Å². The van der Waals surface area contributed by atoms with E-state index in [1.54, 1.807) is 6.07 Å². The summed E-state index contributed by atoms with van der Waals surface area (Å²) in [4.78, 5) is 11.5. The highest BCUT2D eigenvalue weighted by Crippen LogP contribution is 2.33. The molecule has 0 aromatic heterocycles. The maximum absolute atomic E-state index is 13.3. The van der Waals surface area contributed by atoms with Gasteiger partial charge >= 0.3 is 5.97 Å². The first kappa shape index (κ1) is 13.5. The van der Waals surface area contributed by atoms with E-state index in [4.69, 9.17) is 4.74 Å². The lowest BCUT2D eigenvalue weighted by Crippen LogP contribution is -2.41. The molecule has 1 atom stereocenters. The molecule has 1 aromatic carbocycles. The molecule has 18 heavy (non-hydrogen) atoms. The Hall–Kier alpha value is -0.940. The van der Waals surface area contributed by atoms with Gasteiger partial charge in [0.2, 0.25) is 0 Å². The average molecular weight is 317 g/mol. The number of carboxylic acid groups (broad SMARTS) is 1. The highest BCUT2D eigenvalue weighted by Gasteiger charge is 2.40. The van der Waals surface area contributed by atoms with E-state index in [2.05, 4.69) is 15.9 Å². The second-order valence-electron chi connectivity index (χ2n) is 4.70. The van der Waals surface area contributed by atoms with Crippen LogP contribution < -0.4 is 0 Å². The van der Waals surface area contributed by atoms with Crippen molar-refractivity contribution >= 4 is 21.9 Å². The third-order valence-electron chi connectivity index (χ3n) is 3.24. The van der Waals surface area contributed by atoms with E-state index < -0.39 is 11.4 Å². The first-order valence-electron chi connectivity index (χ1n) is 5.78. The minimum atomic E-state index is -0.925. The van der Waals surface area contributed by atoms with Crippen molar-refractivity contribution in [3.8, 4) is 0 Å². The molecule has 1 aliphatic rings. The number of hydrogen-bond donors (Lipinski definition) is 1. The van der Waals surface area contributed by atoms with Crippen LogP contribution in [0.4, 0.5) is 4.39 Å². The highest BCUT2D eigenvalue weighted by molar-refractivity contribution is 9.10. The van der Waals surface area contributed by atoms with Crippen molar-refractivity contribution in [2.45, 2.75) is 19.3 Å². The SMILES string of the molecule is O=C(O)C1(Cc2cc(F)cc(Br)c2)CCCOC1. The normalized spacial score (nSPS) is 23.9. The fraction of sp³-hybridized carbons (Fsp3) is 0.462. The van der Waals surface area contributed by atoms with Crippen molar-refractivity contribution in [1.82, 2.24) is 0 Å². The summed E-state index contributed by atoms with van der Waals surface area (Å²) in [5.41, 5.74) is -0.249. The van der Waals surface area contributed by atoms with E-state index in [1.165, 1.54) is 12.1 Å². The monoisotopic (exact) mass is 316 g/mol. The van der Waals surface area contributed by atoms with Crippen LogP contribution in [-0.4, -0.2) is 24.3 Å². The lowest BCUT2D eigenvalue weighted by Gasteiger charge is -2.33. The van der Waals surface area contributed by atoms with Crippen molar-refractivity contribution in [2.24, 2.45) is 5.41 Å². The molecule has 98 valence electrons. The van der Waals surface area contributed by atoms with Crippen LogP contribution in [0, 0.1) is 11.2 Å². The van der Waals surface area contributed by atoms with Gasteiger partial charge in [-0.1, -0.05) is 15.9 Å². The maximum atomic E-state index is 13.3. The number of halogens is 2. The molecule has 0 saturated carbocycles. The van der Waals surface area contributed by atoms with E-state index in [9.17, 15) is 14.3 Å². The predicted molar refractivity (Wildman–Crippen MR) is 67.9 cm³/mol. The fourth-order valence-electron chi connectivity index (χ4n) is 2.34. The zero-order valence-electron chi connectivity index (χ0n) is 9.79. The lowest BCUT2D eigenvalue weighted by molar-refractivity contribution is -0.157. The summed E-state index contributed by atoms with van der Waals surface area (Å²) in [7, 11) is 0. The zero-order valence-corrected chi connectivity index (χ0v) is 11.4. The van der Waals surface area contributed by atoms with Gasteiger partial charge in [0.25, 0.3) is 0 Å². The van der Waals surface area contributed by atoms with Gasteiger partial charge in [0.1, 0.15) is 5.82 Å². The largest absolute Gasteiger partial charge is 0.481 e. The summed E-state index contributed by atoms with van der Waals surface area (Å²) >= 11 is 3.21. The molecule has 1 fully saturated rings. The molecule has 5 heteroatoms. The number of benzene rings is 1. The Morgan fingerprint density at radius 3 is 2.83 bits per heavy atom. The van der Waals surface area contributed by atoms with Gasteiger partial charge < -0.3 is 9.84 Å². The molecule has 0 radical (unpaired) electrons. The van der Waals surface area contributed by atoms with Gasteiger partial charge in [-0.25, -0.2) is 4.39 Å². The minimum Gasteiger partial charge on any atom is -0.481 e. The molecule has 1 unspecified atom stereocenters. The number of rotatable bonds is 3. The third kappa shape index (κ3) is 2.90. The molecule has 0 spiro atoms. The molecule has 1 saturated heterocycles. The minimum absolute atomic E-state index is 0.191. The Balaban J connectivity index is 2.25. The first-order valence-corrected chi connectivity index (χ1v) is 6.57. The maximum Gasteiger partial charge on any atom is 0.312 e. The van der Waals surface area contributed by atoms with E-state index in [-0.39, 0.29) is 12.4 Å². The molecule has 3 nitrogen and oxygen atoms in total. The quantitative estimate of drug-likeness (QED) is 0.932. The molecule has 0 amide bonds. The van der Waals surface area contributed by atoms with Gasteiger partial charge in [0.15, 0.2) is 0 Å². The van der Waals surface area contributed by atoms with Crippen LogP contribution in [0.15, 0.2) is 22.7 Å². The van der Waals surface area contributed by atoms with Gasteiger partial charge in [-0.2, -0.15) is 0 Å². The van der Waals surface area contributed by atoms with Crippen molar-refractivity contribution < 1.29 is 19.0 Å². The smallest absolute Gasteiger partial charge is 0.312 e. The Morgan fingerprint density at radius 1 is 1.50 bits per heavy atom. The third-order valence-corrected chi connectivity index (χ3v) is 3.70. The Kier molecular flexibility index (Phi) is 4.02. The predicted octanol–water partition coefficient (Wildman–Crippen LogP) is 3.01. The van der Waals surface area contributed by atoms with Crippen molar-refractivity contribution in [3.63, 3.8) is 0 Å². The van der Waals surface area contributed by atoms with Gasteiger partial charge in [-0.3, -0.25) is 4.79 Å². The van der Waals surface area contributed by atoms with Gasteiger partial charge in [-0.15, -0.1) is 0 Å². The van der Waals surface area contributed by atoms with E-state index in [1.807, 2.05) is 0 Å². The summed E-state index contributed by atoms with van der Waals surface area (Å²) in [6, 6.07) is 4.49. The number of ether oxygens (including phenoxy) is 1. The molecule has 1 aliphatic heterocycles. The fourth-order valence-corrected chi connectivity index (χ4v) is 2.85. The summed E-state index contributed by atoms with van der Waals surface area (Å²) in [5.74, 6) is -1.24. The Labute approximate surface area is 113 Å². The molecule has 2 rings (SSSR count). The summed E-state index contributed by atoms with van der Waals surface area (Å²) in [6.07, 6.45) is 1.58. The first-order chi connectivity index (χ1) is 8.52. The van der Waals surface area contributed by atoms with Gasteiger partial charge in [0, 0.05) is 11.1 Å².